The third-order valence-corrected chi connectivity index (χ3v) is 3.24. The Bertz CT molecular complexity index is 372. The normalized spacial score (nSPS) is 20.2. The lowest BCUT2D eigenvalue weighted by atomic mass is 9.96. The molecule has 0 saturated carbocycles. The van der Waals surface area contributed by atoms with Crippen molar-refractivity contribution in [1.82, 2.24) is 10.6 Å². The molecule has 2 N–H and O–H groups in total. The molecule has 0 bridgehead atoms. The topological polar surface area (TPSA) is 54.3 Å². The maximum Gasteiger partial charge on any atom is 0.287 e. The first-order valence-electron chi connectivity index (χ1n) is 6.00. The highest BCUT2D eigenvalue weighted by Crippen LogP contribution is 2.14. The number of amides is 1. The number of carbonyl (C=O) groups excluding carboxylic acids is 1. The second-order valence-electron chi connectivity index (χ2n) is 4.36. The Morgan fingerprint density at radius 3 is 3.12 bits per heavy atom. The molecule has 2 rings (SSSR count). The number of hydrogen-bond acceptors (Lipinski definition) is 3. The molecule has 2 heterocycles. The van der Waals surface area contributed by atoms with Crippen molar-refractivity contribution in [2.45, 2.75) is 19.3 Å². The second-order valence-corrected chi connectivity index (χ2v) is 4.73. The fourth-order valence-electron chi connectivity index (χ4n) is 2.08. The van der Waals surface area contributed by atoms with Crippen LogP contribution in [0, 0.1) is 5.92 Å². The van der Waals surface area contributed by atoms with E-state index in [1.165, 1.54) is 12.8 Å². The van der Waals surface area contributed by atoms with Crippen LogP contribution in [0.1, 0.15) is 29.8 Å². The lowest BCUT2D eigenvalue weighted by molar-refractivity contribution is 0.0923. The Morgan fingerprint density at radius 2 is 2.47 bits per heavy atom. The summed E-state index contributed by atoms with van der Waals surface area (Å²) in [5, 5.41) is 6.44. The van der Waals surface area contributed by atoms with Crippen LogP contribution in [0.4, 0.5) is 0 Å². The molecule has 5 heteroatoms. The highest BCUT2D eigenvalue weighted by atomic mass is 35.5. The zero-order chi connectivity index (χ0) is 12.1. The lowest BCUT2D eigenvalue weighted by Crippen LogP contribution is -2.33. The van der Waals surface area contributed by atoms with E-state index in [9.17, 15) is 4.79 Å². The monoisotopic (exact) mass is 256 g/mol. The van der Waals surface area contributed by atoms with Gasteiger partial charge in [-0.25, -0.2) is 0 Å². The van der Waals surface area contributed by atoms with Gasteiger partial charge in [0.15, 0.2) is 11.0 Å². The largest absolute Gasteiger partial charge is 0.440 e. The summed E-state index contributed by atoms with van der Waals surface area (Å²) in [4.78, 5) is 11.6. The van der Waals surface area contributed by atoms with Crippen LogP contribution in [0.15, 0.2) is 16.5 Å². The van der Waals surface area contributed by atoms with Gasteiger partial charge in [0, 0.05) is 6.54 Å². The molecule has 1 aliphatic rings. The molecule has 1 fully saturated rings. The predicted octanol–water partition coefficient (Wildman–Crippen LogP) is 2.05. The molecule has 4 nitrogen and oxygen atoms in total. The number of piperidine rings is 1. The molecular formula is C12H17ClN2O2. The Morgan fingerprint density at radius 1 is 1.59 bits per heavy atom. The predicted molar refractivity (Wildman–Crippen MR) is 66.3 cm³/mol. The molecule has 94 valence electrons. The summed E-state index contributed by atoms with van der Waals surface area (Å²) in [5.74, 6) is 0.752. The summed E-state index contributed by atoms with van der Waals surface area (Å²) in [5.41, 5.74) is 0. The van der Waals surface area contributed by atoms with Gasteiger partial charge in [0.25, 0.3) is 5.91 Å². The first kappa shape index (κ1) is 12.5. The summed E-state index contributed by atoms with van der Waals surface area (Å²) in [6.07, 6.45) is 3.48. The van der Waals surface area contributed by atoms with Gasteiger partial charge in [-0.05, 0) is 62.0 Å². The van der Waals surface area contributed by atoms with E-state index < -0.39 is 0 Å². The number of carbonyl (C=O) groups is 1. The lowest BCUT2D eigenvalue weighted by Gasteiger charge is -2.22. The minimum absolute atomic E-state index is 0.194. The van der Waals surface area contributed by atoms with Crippen LogP contribution in [0.25, 0.3) is 0 Å². The Labute approximate surface area is 106 Å². The van der Waals surface area contributed by atoms with Gasteiger partial charge < -0.3 is 15.1 Å². The highest BCUT2D eigenvalue weighted by Gasteiger charge is 2.14. The molecule has 1 aliphatic heterocycles. The standard InChI is InChI=1S/C12H17ClN2O2/c13-11-4-3-10(17-11)12(16)15-7-5-9-2-1-6-14-8-9/h3-4,9,14H,1-2,5-8H2,(H,15,16). The maximum absolute atomic E-state index is 11.6. The Balaban J connectivity index is 1.69. The van der Waals surface area contributed by atoms with Crippen LogP contribution in [0.3, 0.4) is 0 Å². The number of halogens is 1. The van der Waals surface area contributed by atoms with Gasteiger partial charge in [-0.15, -0.1) is 0 Å². The van der Waals surface area contributed by atoms with Crippen molar-refractivity contribution in [2.75, 3.05) is 19.6 Å². The second kappa shape index (κ2) is 6.07. The molecule has 17 heavy (non-hydrogen) atoms. The van der Waals surface area contributed by atoms with Crippen LogP contribution in [0.5, 0.6) is 0 Å². The van der Waals surface area contributed by atoms with E-state index in [0.29, 0.717) is 12.5 Å². The van der Waals surface area contributed by atoms with Crippen LogP contribution >= 0.6 is 11.6 Å². The molecule has 1 atom stereocenters. The number of hydrogen-bond donors (Lipinski definition) is 2. The molecule has 1 saturated heterocycles. The van der Waals surface area contributed by atoms with Gasteiger partial charge >= 0.3 is 0 Å². The molecule has 1 amide bonds. The summed E-state index contributed by atoms with van der Waals surface area (Å²) in [6, 6.07) is 3.15. The summed E-state index contributed by atoms with van der Waals surface area (Å²) in [7, 11) is 0. The van der Waals surface area contributed by atoms with E-state index in [1.807, 2.05) is 0 Å². The highest BCUT2D eigenvalue weighted by molar-refractivity contribution is 6.29. The van der Waals surface area contributed by atoms with Crippen molar-refractivity contribution in [3.63, 3.8) is 0 Å². The summed E-state index contributed by atoms with van der Waals surface area (Å²) < 4.78 is 5.03. The van der Waals surface area contributed by atoms with Crippen LogP contribution in [0.2, 0.25) is 5.22 Å². The average molecular weight is 257 g/mol. The summed E-state index contributed by atoms with van der Waals surface area (Å²) >= 11 is 5.61. The minimum atomic E-state index is -0.194. The molecule has 1 unspecified atom stereocenters. The van der Waals surface area contributed by atoms with Crippen LogP contribution in [-0.2, 0) is 0 Å². The van der Waals surface area contributed by atoms with Crippen LogP contribution < -0.4 is 10.6 Å². The molecule has 1 aromatic rings. The third-order valence-electron chi connectivity index (χ3n) is 3.03. The molecule has 1 aromatic heterocycles. The van der Waals surface area contributed by atoms with Crippen molar-refractivity contribution < 1.29 is 9.21 Å². The molecule has 0 radical (unpaired) electrons. The van der Waals surface area contributed by atoms with Crippen LogP contribution in [-0.4, -0.2) is 25.5 Å². The average Bonchev–Trinajstić information content (AvgIpc) is 2.77. The molecule has 0 aromatic carbocycles. The number of rotatable bonds is 4. The van der Waals surface area contributed by atoms with E-state index in [0.717, 1.165) is 19.5 Å². The fraction of sp³-hybridized carbons (Fsp3) is 0.583. The van der Waals surface area contributed by atoms with Crippen molar-refractivity contribution in [1.29, 1.82) is 0 Å². The minimum Gasteiger partial charge on any atom is -0.440 e. The third kappa shape index (κ3) is 3.75. The molecule has 0 aliphatic carbocycles. The van der Waals surface area contributed by atoms with Crippen molar-refractivity contribution in [2.24, 2.45) is 5.92 Å². The van der Waals surface area contributed by atoms with Gasteiger partial charge in [0.2, 0.25) is 0 Å². The van der Waals surface area contributed by atoms with Crippen molar-refractivity contribution in [3.8, 4) is 0 Å². The van der Waals surface area contributed by atoms with Gasteiger partial charge in [0.1, 0.15) is 0 Å². The number of furan rings is 1. The van der Waals surface area contributed by atoms with Gasteiger partial charge in [0.05, 0.1) is 0 Å². The van der Waals surface area contributed by atoms with E-state index in [2.05, 4.69) is 10.6 Å². The Kier molecular flexibility index (Phi) is 4.45. The van der Waals surface area contributed by atoms with E-state index in [4.69, 9.17) is 16.0 Å². The summed E-state index contributed by atoms with van der Waals surface area (Å²) in [6.45, 7) is 2.86. The number of nitrogens with one attached hydrogen (secondary N) is 2. The zero-order valence-corrected chi connectivity index (χ0v) is 10.4. The van der Waals surface area contributed by atoms with E-state index >= 15 is 0 Å². The van der Waals surface area contributed by atoms with E-state index in [1.54, 1.807) is 12.1 Å². The smallest absolute Gasteiger partial charge is 0.287 e. The molecular weight excluding hydrogens is 240 g/mol. The van der Waals surface area contributed by atoms with Gasteiger partial charge in [-0.3, -0.25) is 4.79 Å². The zero-order valence-electron chi connectivity index (χ0n) is 9.67. The van der Waals surface area contributed by atoms with Crippen molar-refractivity contribution in [3.05, 3.63) is 23.1 Å². The van der Waals surface area contributed by atoms with Gasteiger partial charge in [-0.2, -0.15) is 0 Å². The van der Waals surface area contributed by atoms with Gasteiger partial charge in [-0.1, -0.05) is 0 Å². The first-order chi connectivity index (χ1) is 8.25. The van der Waals surface area contributed by atoms with E-state index in [-0.39, 0.29) is 16.9 Å². The van der Waals surface area contributed by atoms with Crippen molar-refractivity contribution >= 4 is 17.5 Å². The first-order valence-corrected chi connectivity index (χ1v) is 6.38. The fourth-order valence-corrected chi connectivity index (χ4v) is 2.23. The quantitative estimate of drug-likeness (QED) is 0.867. The Hall–Kier alpha value is -1.00. The SMILES string of the molecule is O=C(NCCC1CCCNC1)c1ccc(Cl)o1. The maximum atomic E-state index is 11.6. The molecule has 0 spiro atoms.